The number of hydrogen-bond acceptors (Lipinski definition) is 4. The van der Waals surface area contributed by atoms with Crippen molar-refractivity contribution in [3.8, 4) is 0 Å². The molecule has 2 aromatic rings. The summed E-state index contributed by atoms with van der Waals surface area (Å²) < 4.78 is 39.5. The van der Waals surface area contributed by atoms with E-state index in [1.807, 2.05) is 51.1 Å². The summed E-state index contributed by atoms with van der Waals surface area (Å²) >= 11 is 5.83. The van der Waals surface area contributed by atoms with E-state index < -0.39 is 39.9 Å². The molecule has 10 heteroatoms. The highest BCUT2D eigenvalue weighted by atomic mass is 35.5. The summed E-state index contributed by atoms with van der Waals surface area (Å²) in [6.45, 7) is 6.72. The van der Waals surface area contributed by atoms with Crippen LogP contribution in [0, 0.1) is 5.82 Å². The number of nitrogens with zero attached hydrogens (tertiary/aromatic N) is 2. The van der Waals surface area contributed by atoms with Gasteiger partial charge in [0, 0.05) is 12.1 Å². The Hall–Kier alpha value is -2.65. The fourth-order valence-electron chi connectivity index (χ4n) is 3.30. The van der Waals surface area contributed by atoms with E-state index in [-0.39, 0.29) is 23.2 Å². The molecule has 34 heavy (non-hydrogen) atoms. The second-order valence-electron chi connectivity index (χ2n) is 9.11. The van der Waals surface area contributed by atoms with E-state index in [2.05, 4.69) is 5.32 Å². The van der Waals surface area contributed by atoms with Gasteiger partial charge in [0.25, 0.3) is 0 Å². The summed E-state index contributed by atoms with van der Waals surface area (Å²) in [6.07, 6.45) is 1.42. The van der Waals surface area contributed by atoms with Crippen molar-refractivity contribution in [3.63, 3.8) is 0 Å². The molecule has 2 aromatic carbocycles. The summed E-state index contributed by atoms with van der Waals surface area (Å²) in [7, 11) is -3.91. The molecule has 0 aromatic heterocycles. The van der Waals surface area contributed by atoms with Gasteiger partial charge in [0.15, 0.2) is 0 Å². The lowest BCUT2D eigenvalue weighted by atomic mass is 10.1. The molecular formula is C24H31ClFN3O4S. The average molecular weight is 512 g/mol. The number of halogens is 2. The first-order valence-corrected chi connectivity index (χ1v) is 13.0. The van der Waals surface area contributed by atoms with E-state index in [0.29, 0.717) is 6.42 Å². The predicted molar refractivity (Wildman–Crippen MR) is 133 cm³/mol. The Labute approximate surface area is 205 Å². The zero-order valence-electron chi connectivity index (χ0n) is 20.0. The van der Waals surface area contributed by atoms with Gasteiger partial charge < -0.3 is 10.2 Å². The number of nitrogens with one attached hydrogen (secondary N) is 1. The molecule has 0 heterocycles. The molecule has 0 aliphatic carbocycles. The minimum absolute atomic E-state index is 0.0528. The van der Waals surface area contributed by atoms with Crippen LogP contribution >= 0.6 is 11.6 Å². The molecule has 0 saturated heterocycles. The van der Waals surface area contributed by atoms with Gasteiger partial charge >= 0.3 is 0 Å². The van der Waals surface area contributed by atoms with Crippen LogP contribution in [0.3, 0.4) is 0 Å². The van der Waals surface area contributed by atoms with Crippen LogP contribution in [0.15, 0.2) is 48.5 Å². The van der Waals surface area contributed by atoms with Crippen molar-refractivity contribution >= 4 is 39.1 Å². The van der Waals surface area contributed by atoms with Crippen LogP contribution in [-0.2, 0) is 26.0 Å². The Balaban J connectivity index is 2.34. The molecular weight excluding hydrogens is 481 g/mol. The van der Waals surface area contributed by atoms with Gasteiger partial charge in [-0.1, -0.05) is 41.9 Å². The predicted octanol–water partition coefficient (Wildman–Crippen LogP) is 3.62. The minimum Gasteiger partial charge on any atom is -0.350 e. The Morgan fingerprint density at radius 3 is 2.26 bits per heavy atom. The molecule has 186 valence electrons. The number of rotatable bonds is 9. The van der Waals surface area contributed by atoms with Gasteiger partial charge in [0.05, 0.1) is 17.0 Å². The van der Waals surface area contributed by atoms with Gasteiger partial charge in [-0.2, -0.15) is 0 Å². The zero-order valence-corrected chi connectivity index (χ0v) is 21.6. The number of amides is 2. The minimum atomic E-state index is -3.91. The Morgan fingerprint density at radius 1 is 1.12 bits per heavy atom. The van der Waals surface area contributed by atoms with Crippen LogP contribution in [-0.4, -0.2) is 56.1 Å². The molecule has 0 bridgehead atoms. The molecule has 0 aliphatic rings. The molecule has 0 radical (unpaired) electrons. The van der Waals surface area contributed by atoms with Crippen molar-refractivity contribution in [2.24, 2.45) is 0 Å². The van der Waals surface area contributed by atoms with E-state index in [1.165, 1.54) is 11.0 Å². The maximum atomic E-state index is 13.6. The van der Waals surface area contributed by atoms with Crippen LogP contribution in [0.1, 0.15) is 33.3 Å². The molecule has 2 rings (SSSR count). The number of hydrogen-bond donors (Lipinski definition) is 1. The summed E-state index contributed by atoms with van der Waals surface area (Å²) in [5.41, 5.74) is 0.509. The average Bonchev–Trinajstić information content (AvgIpc) is 2.72. The third-order valence-corrected chi connectivity index (χ3v) is 6.45. The molecule has 2 amide bonds. The summed E-state index contributed by atoms with van der Waals surface area (Å²) in [4.78, 5) is 27.6. The SMILES string of the molecule is C[C@H](C(=O)NC(C)(C)C)N(CCc1ccccc1)C(=O)CN(c1ccc(F)c(Cl)c1)S(C)(=O)=O. The van der Waals surface area contributed by atoms with Crippen LogP contribution in [0.4, 0.5) is 10.1 Å². The first-order chi connectivity index (χ1) is 15.7. The summed E-state index contributed by atoms with van der Waals surface area (Å²) in [5.74, 6) is -1.63. The molecule has 0 aliphatic heterocycles. The lowest BCUT2D eigenvalue weighted by Gasteiger charge is -2.33. The van der Waals surface area contributed by atoms with Gasteiger partial charge in [-0.25, -0.2) is 12.8 Å². The van der Waals surface area contributed by atoms with Gasteiger partial charge in [-0.05, 0) is 57.9 Å². The number of carbonyl (C=O) groups excluding carboxylic acids is 2. The van der Waals surface area contributed by atoms with Crippen molar-refractivity contribution < 1.29 is 22.4 Å². The second kappa shape index (κ2) is 11.2. The van der Waals surface area contributed by atoms with Crippen molar-refractivity contribution in [2.75, 3.05) is 23.7 Å². The summed E-state index contributed by atoms with van der Waals surface area (Å²) in [6, 6.07) is 12.0. The molecule has 1 atom stereocenters. The lowest BCUT2D eigenvalue weighted by Crippen LogP contribution is -2.55. The Bertz CT molecular complexity index is 1120. The smallest absolute Gasteiger partial charge is 0.244 e. The second-order valence-corrected chi connectivity index (χ2v) is 11.4. The highest BCUT2D eigenvalue weighted by Crippen LogP contribution is 2.24. The fraction of sp³-hybridized carbons (Fsp3) is 0.417. The standard InChI is InChI=1S/C24H31ClFN3O4S/c1-17(23(31)27-24(2,3)4)28(14-13-18-9-7-6-8-10-18)22(30)16-29(34(5,32)33)19-11-12-21(26)20(25)15-19/h6-12,15,17H,13-14,16H2,1-5H3,(H,27,31)/t17-/m1/s1. The maximum absolute atomic E-state index is 13.6. The molecule has 0 fully saturated rings. The monoisotopic (exact) mass is 511 g/mol. The van der Waals surface area contributed by atoms with Crippen LogP contribution < -0.4 is 9.62 Å². The quantitative estimate of drug-likeness (QED) is 0.557. The van der Waals surface area contributed by atoms with Crippen molar-refractivity contribution in [1.82, 2.24) is 10.2 Å². The van der Waals surface area contributed by atoms with E-state index in [9.17, 15) is 22.4 Å². The van der Waals surface area contributed by atoms with Crippen molar-refractivity contribution in [2.45, 2.75) is 45.7 Å². The Kier molecular flexibility index (Phi) is 9.08. The zero-order chi connectivity index (χ0) is 25.7. The first kappa shape index (κ1) is 27.6. The number of sulfonamides is 1. The van der Waals surface area contributed by atoms with Crippen LogP contribution in [0.5, 0.6) is 0 Å². The largest absolute Gasteiger partial charge is 0.350 e. The first-order valence-electron chi connectivity index (χ1n) is 10.8. The number of benzene rings is 2. The fourth-order valence-corrected chi connectivity index (χ4v) is 4.31. The lowest BCUT2D eigenvalue weighted by molar-refractivity contribution is -0.139. The molecule has 0 unspecified atom stereocenters. The van der Waals surface area contributed by atoms with Gasteiger partial charge in [-0.3, -0.25) is 13.9 Å². The van der Waals surface area contributed by atoms with E-state index in [1.54, 1.807) is 6.92 Å². The molecule has 1 N–H and O–H groups in total. The van der Waals surface area contributed by atoms with Crippen LogP contribution in [0.2, 0.25) is 5.02 Å². The van der Waals surface area contributed by atoms with E-state index >= 15 is 0 Å². The highest BCUT2D eigenvalue weighted by Gasteiger charge is 2.31. The molecule has 7 nitrogen and oxygen atoms in total. The van der Waals surface area contributed by atoms with E-state index in [4.69, 9.17) is 11.6 Å². The van der Waals surface area contributed by atoms with Gasteiger partial charge in [-0.15, -0.1) is 0 Å². The van der Waals surface area contributed by atoms with E-state index in [0.717, 1.165) is 28.3 Å². The molecule has 0 saturated carbocycles. The topological polar surface area (TPSA) is 86.8 Å². The van der Waals surface area contributed by atoms with Crippen molar-refractivity contribution in [1.29, 1.82) is 0 Å². The van der Waals surface area contributed by atoms with Gasteiger partial charge in [0.2, 0.25) is 21.8 Å². The number of anilines is 1. The summed E-state index contributed by atoms with van der Waals surface area (Å²) in [5, 5.41) is 2.59. The third kappa shape index (κ3) is 7.99. The normalized spacial score (nSPS) is 12.7. The Morgan fingerprint density at radius 2 is 1.74 bits per heavy atom. The van der Waals surface area contributed by atoms with Crippen molar-refractivity contribution in [3.05, 3.63) is 64.9 Å². The maximum Gasteiger partial charge on any atom is 0.244 e. The molecule has 0 spiro atoms. The van der Waals surface area contributed by atoms with Gasteiger partial charge in [0.1, 0.15) is 18.4 Å². The van der Waals surface area contributed by atoms with Crippen LogP contribution in [0.25, 0.3) is 0 Å². The highest BCUT2D eigenvalue weighted by molar-refractivity contribution is 7.92. The number of carbonyl (C=O) groups is 2. The third-order valence-electron chi connectivity index (χ3n) is 5.02.